The van der Waals surface area contributed by atoms with Crippen molar-refractivity contribution in [1.82, 2.24) is 0 Å². The Labute approximate surface area is 120 Å². The molecule has 2 aromatic rings. The van der Waals surface area contributed by atoms with E-state index in [4.69, 9.17) is 4.74 Å². The lowest BCUT2D eigenvalue weighted by Crippen LogP contribution is -2.08. The number of para-hydroxylation sites is 1. The molecule has 1 aliphatic rings. The molecule has 0 aliphatic carbocycles. The second kappa shape index (κ2) is 5.31. The Morgan fingerprint density at radius 1 is 1.10 bits per heavy atom. The van der Waals surface area contributed by atoms with Gasteiger partial charge in [0.25, 0.3) is 0 Å². The molecule has 0 saturated heterocycles. The Bertz CT molecular complexity index is 652. The van der Waals surface area contributed by atoms with Crippen LogP contribution < -0.4 is 10.1 Å². The van der Waals surface area contributed by atoms with E-state index in [1.165, 1.54) is 23.8 Å². The maximum absolute atomic E-state index is 12.9. The van der Waals surface area contributed by atoms with Crippen LogP contribution in [0, 0.1) is 0 Å². The van der Waals surface area contributed by atoms with Gasteiger partial charge in [-0.2, -0.15) is 13.2 Å². The highest BCUT2D eigenvalue weighted by Crippen LogP contribution is 2.36. The highest BCUT2D eigenvalue weighted by atomic mass is 19.4. The first-order valence-corrected chi connectivity index (χ1v) is 6.69. The van der Waals surface area contributed by atoms with E-state index in [2.05, 4.69) is 5.32 Å². The van der Waals surface area contributed by atoms with Crippen molar-refractivity contribution in [1.29, 1.82) is 0 Å². The SMILES string of the molecule is FC(F)(F)c1ccccc1OCc1ccc2c(c1)NCC2. The fraction of sp³-hybridized carbons (Fsp3) is 0.250. The number of benzene rings is 2. The predicted molar refractivity (Wildman–Crippen MR) is 74.4 cm³/mol. The number of nitrogens with one attached hydrogen (secondary N) is 1. The summed E-state index contributed by atoms with van der Waals surface area (Å²) in [5, 5.41) is 3.24. The highest BCUT2D eigenvalue weighted by Gasteiger charge is 2.33. The molecule has 0 spiro atoms. The van der Waals surface area contributed by atoms with Gasteiger partial charge in [-0.3, -0.25) is 0 Å². The molecule has 2 aromatic carbocycles. The summed E-state index contributed by atoms with van der Waals surface area (Å²) in [6, 6.07) is 11.1. The van der Waals surface area contributed by atoms with Crippen LogP contribution in [0.3, 0.4) is 0 Å². The minimum Gasteiger partial charge on any atom is -0.488 e. The molecule has 0 saturated carbocycles. The summed E-state index contributed by atoms with van der Waals surface area (Å²) < 4.78 is 44.0. The molecule has 0 fully saturated rings. The van der Waals surface area contributed by atoms with E-state index < -0.39 is 11.7 Å². The zero-order valence-electron chi connectivity index (χ0n) is 11.2. The zero-order valence-corrected chi connectivity index (χ0v) is 11.2. The van der Waals surface area contributed by atoms with E-state index in [1.54, 1.807) is 0 Å². The van der Waals surface area contributed by atoms with Crippen molar-refractivity contribution < 1.29 is 17.9 Å². The van der Waals surface area contributed by atoms with Gasteiger partial charge >= 0.3 is 6.18 Å². The molecular formula is C16H14F3NO. The predicted octanol–water partition coefficient (Wildman–Crippen LogP) is 4.25. The molecule has 1 aliphatic heterocycles. The largest absolute Gasteiger partial charge is 0.488 e. The quantitative estimate of drug-likeness (QED) is 0.913. The number of ether oxygens (including phenoxy) is 1. The van der Waals surface area contributed by atoms with Crippen molar-refractivity contribution in [2.45, 2.75) is 19.2 Å². The topological polar surface area (TPSA) is 21.3 Å². The Kier molecular flexibility index (Phi) is 3.49. The molecule has 2 nitrogen and oxygen atoms in total. The molecule has 5 heteroatoms. The van der Waals surface area contributed by atoms with Crippen LogP contribution in [-0.4, -0.2) is 6.54 Å². The van der Waals surface area contributed by atoms with Crippen LogP contribution in [0.4, 0.5) is 18.9 Å². The summed E-state index contributed by atoms with van der Waals surface area (Å²) in [5.41, 5.74) is 2.37. The third kappa shape index (κ3) is 2.96. The third-order valence-electron chi connectivity index (χ3n) is 3.47. The summed E-state index contributed by atoms with van der Waals surface area (Å²) >= 11 is 0. The minimum absolute atomic E-state index is 0.113. The number of alkyl halides is 3. The lowest BCUT2D eigenvalue weighted by atomic mass is 10.1. The summed E-state index contributed by atoms with van der Waals surface area (Å²) in [4.78, 5) is 0. The monoisotopic (exact) mass is 293 g/mol. The first kappa shape index (κ1) is 13.8. The molecule has 21 heavy (non-hydrogen) atoms. The smallest absolute Gasteiger partial charge is 0.419 e. The van der Waals surface area contributed by atoms with Crippen molar-refractivity contribution in [3.63, 3.8) is 0 Å². The van der Waals surface area contributed by atoms with Crippen molar-refractivity contribution in [3.05, 3.63) is 59.2 Å². The van der Waals surface area contributed by atoms with Gasteiger partial charge in [0.1, 0.15) is 12.4 Å². The van der Waals surface area contributed by atoms with Gasteiger partial charge in [-0.15, -0.1) is 0 Å². The average molecular weight is 293 g/mol. The molecule has 0 atom stereocenters. The fourth-order valence-corrected chi connectivity index (χ4v) is 2.42. The highest BCUT2D eigenvalue weighted by molar-refractivity contribution is 5.57. The van der Waals surface area contributed by atoms with Gasteiger partial charge in [0.15, 0.2) is 0 Å². The van der Waals surface area contributed by atoms with Crippen molar-refractivity contribution in [2.75, 3.05) is 11.9 Å². The van der Waals surface area contributed by atoms with Crippen LogP contribution in [0.1, 0.15) is 16.7 Å². The van der Waals surface area contributed by atoms with E-state index >= 15 is 0 Å². The van der Waals surface area contributed by atoms with Gasteiger partial charge in [-0.25, -0.2) is 0 Å². The van der Waals surface area contributed by atoms with Gasteiger partial charge in [0, 0.05) is 12.2 Å². The number of hydrogen-bond donors (Lipinski definition) is 1. The lowest BCUT2D eigenvalue weighted by Gasteiger charge is -2.14. The van der Waals surface area contributed by atoms with E-state index in [9.17, 15) is 13.2 Å². The number of hydrogen-bond acceptors (Lipinski definition) is 2. The summed E-state index contributed by atoms with van der Waals surface area (Å²) in [6.45, 7) is 1.01. The number of rotatable bonds is 3. The van der Waals surface area contributed by atoms with E-state index in [1.807, 2.05) is 18.2 Å². The maximum atomic E-state index is 12.9. The van der Waals surface area contributed by atoms with Crippen molar-refractivity contribution in [2.24, 2.45) is 0 Å². The number of fused-ring (bicyclic) bond motifs is 1. The molecular weight excluding hydrogens is 279 g/mol. The molecule has 0 amide bonds. The molecule has 3 rings (SSSR count). The van der Waals surface area contributed by atoms with Crippen molar-refractivity contribution >= 4 is 5.69 Å². The first-order valence-electron chi connectivity index (χ1n) is 6.69. The molecule has 110 valence electrons. The van der Waals surface area contributed by atoms with Gasteiger partial charge in [-0.1, -0.05) is 24.3 Å². The van der Waals surface area contributed by atoms with Crippen LogP contribution in [-0.2, 0) is 19.2 Å². The first-order chi connectivity index (χ1) is 10.0. The number of halogens is 3. The van der Waals surface area contributed by atoms with Gasteiger partial charge in [0.2, 0.25) is 0 Å². The summed E-state index contributed by atoms with van der Waals surface area (Å²) in [5.74, 6) is -0.140. The zero-order chi connectivity index (χ0) is 14.9. The standard InChI is InChI=1S/C16H14F3NO/c17-16(18,19)13-3-1-2-4-15(13)21-10-11-5-6-12-7-8-20-14(12)9-11/h1-6,9,20H,7-8,10H2. The minimum atomic E-state index is -4.41. The van der Waals surface area contributed by atoms with Crippen LogP contribution in [0.5, 0.6) is 5.75 Å². The fourth-order valence-electron chi connectivity index (χ4n) is 2.42. The van der Waals surface area contributed by atoms with Gasteiger partial charge < -0.3 is 10.1 Å². The number of anilines is 1. The van der Waals surface area contributed by atoms with Crippen LogP contribution in [0.15, 0.2) is 42.5 Å². The Morgan fingerprint density at radius 2 is 1.90 bits per heavy atom. The third-order valence-corrected chi connectivity index (χ3v) is 3.47. The second-order valence-electron chi connectivity index (χ2n) is 4.95. The van der Waals surface area contributed by atoms with Crippen LogP contribution in [0.25, 0.3) is 0 Å². The molecule has 1 N–H and O–H groups in total. The Hall–Kier alpha value is -2.17. The Morgan fingerprint density at radius 3 is 2.71 bits per heavy atom. The lowest BCUT2D eigenvalue weighted by molar-refractivity contribution is -0.139. The summed E-state index contributed by atoms with van der Waals surface area (Å²) in [6.07, 6.45) is -3.43. The van der Waals surface area contributed by atoms with Crippen LogP contribution >= 0.6 is 0 Å². The average Bonchev–Trinajstić information content (AvgIpc) is 2.92. The van der Waals surface area contributed by atoms with E-state index in [0.29, 0.717) is 0 Å². The van der Waals surface area contributed by atoms with Gasteiger partial charge in [-0.05, 0) is 35.7 Å². The molecule has 0 radical (unpaired) electrons. The molecule has 0 aromatic heterocycles. The van der Waals surface area contributed by atoms with E-state index in [-0.39, 0.29) is 12.4 Å². The Balaban J connectivity index is 1.76. The molecule has 1 heterocycles. The second-order valence-corrected chi connectivity index (χ2v) is 4.95. The molecule has 0 unspecified atom stereocenters. The molecule has 0 bridgehead atoms. The van der Waals surface area contributed by atoms with E-state index in [0.717, 1.165) is 30.3 Å². The van der Waals surface area contributed by atoms with Gasteiger partial charge in [0.05, 0.1) is 5.56 Å². The normalized spacial score (nSPS) is 13.7. The van der Waals surface area contributed by atoms with Crippen LogP contribution in [0.2, 0.25) is 0 Å². The maximum Gasteiger partial charge on any atom is 0.419 e. The van der Waals surface area contributed by atoms with Crippen molar-refractivity contribution in [3.8, 4) is 5.75 Å². The summed E-state index contributed by atoms with van der Waals surface area (Å²) in [7, 11) is 0.